The van der Waals surface area contributed by atoms with Crippen molar-refractivity contribution in [2.24, 2.45) is 4.99 Å². The van der Waals surface area contributed by atoms with Crippen molar-refractivity contribution in [3.63, 3.8) is 0 Å². The Balaban J connectivity index is 3.31. The number of nitrogens with zero attached hydrogens (tertiary/aromatic N) is 1. The monoisotopic (exact) mass is 498 g/mol. The van der Waals surface area contributed by atoms with Gasteiger partial charge in [0.1, 0.15) is 5.94 Å². The lowest BCUT2D eigenvalue weighted by atomic mass is 10.9. The van der Waals surface area contributed by atoms with Gasteiger partial charge < -0.3 is 15.2 Å². The van der Waals surface area contributed by atoms with Crippen LogP contribution in [0.15, 0.2) is 4.99 Å². The van der Waals surface area contributed by atoms with Gasteiger partial charge in [-0.05, 0) is 6.26 Å². The van der Waals surface area contributed by atoms with Crippen LogP contribution in [0.4, 0.5) is 4.79 Å². The summed E-state index contributed by atoms with van der Waals surface area (Å²) < 4.78 is 16.6. The number of ether oxygens (including phenoxy) is 1. The number of nitrogens with one attached hydrogen (secondary N) is 1. The molecule has 0 fully saturated rings. The van der Waals surface area contributed by atoms with Crippen LogP contribution in [-0.4, -0.2) is 84.0 Å². The maximum Gasteiger partial charge on any atom is 0.408 e. The van der Waals surface area contributed by atoms with Gasteiger partial charge in [-0.2, -0.15) is 23.5 Å². The molecule has 13 heteroatoms. The highest BCUT2D eigenvalue weighted by atomic mass is 32.2. The second-order valence-corrected chi connectivity index (χ2v) is 12.6. The van der Waals surface area contributed by atoms with Gasteiger partial charge in [0.05, 0.1) is 34.7 Å². The summed E-state index contributed by atoms with van der Waals surface area (Å²) >= 11 is 9.92. The molecule has 0 bridgehead atoms. The molecule has 1 atom stereocenters. The maximum absolute atomic E-state index is 11.6. The Bertz CT molecular complexity index is 392. The molecule has 0 aromatic rings. The Hall–Kier alpha value is 1.15. The molecular weight excluding hydrogens is 473 g/mol. The first-order valence-corrected chi connectivity index (χ1v) is 16.0. The average molecular weight is 499 g/mol. The Labute approximate surface area is 184 Å². The van der Waals surface area contributed by atoms with E-state index in [9.17, 15) is 9.00 Å². The smallest absolute Gasteiger partial charge is 0.408 e. The fourth-order valence-corrected chi connectivity index (χ4v) is 7.02. The molecule has 0 aliphatic carbocycles. The first-order chi connectivity index (χ1) is 12.7. The number of alkyl carbamates (subject to hydrolysis) is 1. The largest absolute Gasteiger partial charge is 0.438 e. The molecule has 0 aromatic carbocycles. The molecule has 0 spiro atoms. The number of aliphatic hydroxyl groups is 1. The minimum Gasteiger partial charge on any atom is -0.438 e. The van der Waals surface area contributed by atoms with E-state index in [1.165, 1.54) is 5.55 Å². The van der Waals surface area contributed by atoms with Crippen molar-refractivity contribution in [1.82, 2.24) is 5.32 Å². The van der Waals surface area contributed by atoms with Crippen LogP contribution in [0.3, 0.4) is 0 Å². The van der Waals surface area contributed by atoms with Crippen LogP contribution < -0.4 is 5.32 Å². The van der Waals surface area contributed by atoms with Crippen molar-refractivity contribution in [3.8, 4) is 0 Å². The number of carbonyl (C=O) groups excluding carboxylic acids is 1. The molecular formula is C13H26N2O4S7. The number of hydrogen-bond donors (Lipinski definition) is 2. The number of carbonyl (C=O) groups is 1. The third kappa shape index (κ3) is 21.5. The summed E-state index contributed by atoms with van der Waals surface area (Å²) in [5.74, 6) is 3.57. The van der Waals surface area contributed by atoms with E-state index in [2.05, 4.69) is 10.3 Å². The molecule has 6 nitrogen and oxygen atoms in total. The first kappa shape index (κ1) is 27.1. The van der Waals surface area contributed by atoms with Crippen molar-refractivity contribution >= 4 is 93.0 Å². The predicted octanol–water partition coefficient (Wildman–Crippen LogP) is 3.26. The van der Waals surface area contributed by atoms with E-state index < -0.39 is 10.8 Å². The molecule has 1 amide bonds. The van der Waals surface area contributed by atoms with Gasteiger partial charge in [0, 0.05) is 32.5 Å². The maximum atomic E-state index is 11.6. The number of hydrogen-bond acceptors (Lipinski definition) is 11. The lowest BCUT2D eigenvalue weighted by Crippen LogP contribution is -2.23. The lowest BCUT2D eigenvalue weighted by molar-refractivity contribution is 0.168. The van der Waals surface area contributed by atoms with Crippen molar-refractivity contribution in [3.05, 3.63) is 0 Å². The van der Waals surface area contributed by atoms with Crippen LogP contribution in [0.2, 0.25) is 0 Å². The molecule has 1 unspecified atom stereocenters. The third-order valence-electron chi connectivity index (χ3n) is 2.15. The number of aliphatic hydroxyl groups excluding tert-OH is 1. The molecule has 26 heavy (non-hydrogen) atoms. The van der Waals surface area contributed by atoms with Crippen molar-refractivity contribution in [2.75, 3.05) is 63.1 Å². The molecule has 0 aliphatic rings. The van der Waals surface area contributed by atoms with E-state index in [0.29, 0.717) is 29.2 Å². The van der Waals surface area contributed by atoms with Gasteiger partial charge in [0.15, 0.2) is 0 Å². The van der Waals surface area contributed by atoms with Crippen LogP contribution >= 0.6 is 70.6 Å². The standard InChI is InChI=1S/C13H26N2O4S7/c1-20-10-24-9-19-13(17)15-7-23-12-25-11-22-6-14-8-26(18)5-4-21-3-2-16/h8,16H,2-7,9-12H2,1H3,(H,15,17)/b14-8-. The Morgan fingerprint density at radius 3 is 2.73 bits per heavy atom. The van der Waals surface area contributed by atoms with E-state index >= 15 is 0 Å². The van der Waals surface area contributed by atoms with E-state index in [-0.39, 0.29) is 12.7 Å². The van der Waals surface area contributed by atoms with Gasteiger partial charge in [-0.1, -0.05) is 0 Å². The molecule has 0 heterocycles. The van der Waals surface area contributed by atoms with E-state index in [1.807, 2.05) is 6.26 Å². The van der Waals surface area contributed by atoms with E-state index in [4.69, 9.17) is 9.84 Å². The molecule has 0 rings (SSSR count). The minimum atomic E-state index is -1.02. The van der Waals surface area contributed by atoms with Crippen LogP contribution in [0.25, 0.3) is 0 Å². The van der Waals surface area contributed by atoms with Crippen LogP contribution in [0, 0.1) is 0 Å². The molecule has 0 saturated heterocycles. The molecule has 154 valence electrons. The van der Waals surface area contributed by atoms with Crippen molar-refractivity contribution in [2.45, 2.75) is 0 Å². The summed E-state index contributed by atoms with van der Waals surface area (Å²) in [5.41, 5.74) is 1.51. The molecule has 0 aromatic heterocycles. The summed E-state index contributed by atoms with van der Waals surface area (Å²) in [7, 11) is -1.02. The molecule has 0 saturated carbocycles. The fraction of sp³-hybridized carbons (Fsp3) is 0.846. The predicted molar refractivity (Wildman–Crippen MR) is 129 cm³/mol. The van der Waals surface area contributed by atoms with Gasteiger partial charge in [-0.3, -0.25) is 9.20 Å². The molecule has 0 radical (unpaired) electrons. The van der Waals surface area contributed by atoms with E-state index in [1.54, 1.807) is 70.6 Å². The van der Waals surface area contributed by atoms with Gasteiger partial charge in [0.25, 0.3) is 0 Å². The second kappa shape index (κ2) is 22.4. The Kier molecular flexibility index (Phi) is 23.4. The zero-order valence-electron chi connectivity index (χ0n) is 14.6. The van der Waals surface area contributed by atoms with Gasteiger partial charge in [0.2, 0.25) is 0 Å². The van der Waals surface area contributed by atoms with Crippen LogP contribution in [0.1, 0.15) is 0 Å². The highest BCUT2D eigenvalue weighted by Crippen LogP contribution is 2.17. The normalized spacial score (nSPS) is 12.4. The quantitative estimate of drug-likeness (QED) is 0.127. The zero-order chi connectivity index (χ0) is 19.3. The van der Waals surface area contributed by atoms with Crippen molar-refractivity contribution < 1.29 is 18.8 Å². The first-order valence-electron chi connectivity index (χ1n) is 7.47. The zero-order valence-corrected chi connectivity index (χ0v) is 20.3. The van der Waals surface area contributed by atoms with E-state index in [0.717, 1.165) is 21.0 Å². The number of amides is 1. The topological polar surface area (TPSA) is 88.0 Å². The highest BCUT2D eigenvalue weighted by Gasteiger charge is 2.00. The SMILES string of the molecule is CSCSCOC(=O)NCSCSCSC/N=C\S(=O)CCSCCO. The van der Waals surface area contributed by atoms with Gasteiger partial charge in [-0.15, -0.1) is 47.0 Å². The number of rotatable bonds is 18. The van der Waals surface area contributed by atoms with Crippen LogP contribution in [0.5, 0.6) is 0 Å². The summed E-state index contributed by atoms with van der Waals surface area (Å²) in [6, 6.07) is 0. The summed E-state index contributed by atoms with van der Waals surface area (Å²) in [4.78, 5) is 15.5. The number of aliphatic imine (C=N–C) groups is 1. The lowest BCUT2D eigenvalue weighted by Gasteiger charge is -2.06. The second-order valence-electron chi connectivity index (χ2n) is 4.17. The summed E-state index contributed by atoms with van der Waals surface area (Å²) in [6.07, 6.45) is 1.64. The van der Waals surface area contributed by atoms with Crippen molar-refractivity contribution in [1.29, 1.82) is 0 Å². The molecule has 2 N–H and O–H groups in total. The average Bonchev–Trinajstić information content (AvgIpc) is 2.64. The van der Waals surface area contributed by atoms with Gasteiger partial charge >= 0.3 is 6.09 Å². The highest BCUT2D eigenvalue weighted by molar-refractivity contribution is 8.22. The number of thioether (sulfide) groups is 6. The Morgan fingerprint density at radius 2 is 1.96 bits per heavy atom. The van der Waals surface area contributed by atoms with Gasteiger partial charge in [-0.25, -0.2) is 4.79 Å². The summed E-state index contributed by atoms with van der Waals surface area (Å²) in [5, 5.41) is 14.0. The third-order valence-corrected chi connectivity index (χ3v) is 9.60. The summed E-state index contributed by atoms with van der Waals surface area (Å²) in [6.45, 7) is 0.162. The molecule has 0 aliphatic heterocycles. The van der Waals surface area contributed by atoms with Crippen LogP contribution in [-0.2, 0) is 15.5 Å². The minimum absolute atomic E-state index is 0.162. The fourth-order valence-electron chi connectivity index (χ4n) is 1.13. The Morgan fingerprint density at radius 1 is 1.15 bits per heavy atom.